The molecule has 4 N–H and O–H groups in total. The predicted octanol–water partition coefficient (Wildman–Crippen LogP) is 0.688. The average Bonchev–Trinajstić information content (AvgIpc) is 2.21. The minimum absolute atomic E-state index is 0.0859. The third kappa shape index (κ3) is 2.70. The van der Waals surface area contributed by atoms with Crippen LogP contribution in [0.1, 0.15) is 22.8 Å². The summed E-state index contributed by atoms with van der Waals surface area (Å²) in [5, 5.41) is 11.5. The lowest BCUT2D eigenvalue weighted by molar-refractivity contribution is 0.0923. The molecule has 0 fully saturated rings. The fourth-order valence-electron chi connectivity index (χ4n) is 1.23. The third-order valence-electron chi connectivity index (χ3n) is 2.22. The predicted molar refractivity (Wildman–Crippen MR) is 59.6 cm³/mol. The van der Waals surface area contributed by atoms with Crippen LogP contribution in [-0.4, -0.2) is 23.7 Å². The molecule has 0 radical (unpaired) electrons. The van der Waals surface area contributed by atoms with Crippen LogP contribution in [0, 0.1) is 6.92 Å². The van der Waals surface area contributed by atoms with Crippen molar-refractivity contribution in [1.82, 2.24) is 5.32 Å². The number of nitrogen functional groups attached to an aromatic ring is 1. The van der Waals surface area contributed by atoms with Gasteiger partial charge in [0.2, 0.25) is 0 Å². The zero-order chi connectivity index (χ0) is 11.4. The van der Waals surface area contributed by atoms with Crippen molar-refractivity contribution in [3.05, 3.63) is 29.3 Å². The van der Waals surface area contributed by atoms with Gasteiger partial charge >= 0.3 is 0 Å². The van der Waals surface area contributed by atoms with Crippen molar-refractivity contribution in [3.63, 3.8) is 0 Å². The summed E-state index contributed by atoms with van der Waals surface area (Å²) in [6, 6.07) is 5.03. The lowest BCUT2D eigenvalue weighted by Gasteiger charge is -2.12. The second-order valence-corrected chi connectivity index (χ2v) is 3.59. The Bertz CT molecular complexity index is 364. The van der Waals surface area contributed by atoms with Crippen LogP contribution in [-0.2, 0) is 0 Å². The summed E-state index contributed by atoms with van der Waals surface area (Å²) < 4.78 is 0. The van der Waals surface area contributed by atoms with Crippen molar-refractivity contribution in [2.24, 2.45) is 0 Å². The summed E-state index contributed by atoms with van der Waals surface area (Å²) in [6.07, 6.45) is 0. The van der Waals surface area contributed by atoms with Crippen LogP contribution in [0.2, 0.25) is 0 Å². The number of hydrogen-bond donors (Lipinski definition) is 3. The first kappa shape index (κ1) is 11.5. The maximum atomic E-state index is 11.7. The van der Waals surface area contributed by atoms with Crippen LogP contribution in [0.5, 0.6) is 0 Å². The number of nitrogens with one attached hydrogen (secondary N) is 1. The molecule has 1 amide bonds. The van der Waals surface area contributed by atoms with Crippen LogP contribution in [0.3, 0.4) is 0 Å². The van der Waals surface area contributed by atoms with E-state index in [9.17, 15) is 4.79 Å². The molecule has 0 saturated carbocycles. The topological polar surface area (TPSA) is 75.3 Å². The summed E-state index contributed by atoms with van der Waals surface area (Å²) in [4.78, 5) is 11.7. The molecule has 1 rings (SSSR count). The molecule has 4 nitrogen and oxygen atoms in total. The summed E-state index contributed by atoms with van der Waals surface area (Å²) in [6.45, 7) is 3.49. The maximum absolute atomic E-state index is 11.7. The van der Waals surface area contributed by atoms with E-state index in [4.69, 9.17) is 10.8 Å². The van der Waals surface area contributed by atoms with E-state index >= 15 is 0 Å². The summed E-state index contributed by atoms with van der Waals surface area (Å²) >= 11 is 0. The molecular weight excluding hydrogens is 192 g/mol. The number of para-hydroxylation sites is 1. The first-order valence-electron chi connectivity index (χ1n) is 4.83. The molecule has 82 valence electrons. The maximum Gasteiger partial charge on any atom is 0.253 e. The summed E-state index contributed by atoms with van der Waals surface area (Å²) in [7, 11) is 0. The van der Waals surface area contributed by atoms with Crippen molar-refractivity contribution < 1.29 is 9.90 Å². The largest absolute Gasteiger partial charge is 0.398 e. The zero-order valence-corrected chi connectivity index (χ0v) is 8.95. The molecule has 4 heteroatoms. The Kier molecular flexibility index (Phi) is 3.68. The van der Waals surface area contributed by atoms with Gasteiger partial charge in [0.25, 0.3) is 5.91 Å². The Morgan fingerprint density at radius 1 is 1.60 bits per heavy atom. The van der Waals surface area contributed by atoms with Crippen LogP contribution < -0.4 is 11.1 Å². The molecule has 0 heterocycles. The highest BCUT2D eigenvalue weighted by atomic mass is 16.3. The summed E-state index contributed by atoms with van der Waals surface area (Å²) in [5.41, 5.74) is 7.59. The van der Waals surface area contributed by atoms with Crippen molar-refractivity contribution in [3.8, 4) is 0 Å². The van der Waals surface area contributed by atoms with Gasteiger partial charge in [-0.05, 0) is 25.5 Å². The Hall–Kier alpha value is -1.55. The smallest absolute Gasteiger partial charge is 0.253 e. The Balaban J connectivity index is 2.87. The number of carbonyl (C=O) groups is 1. The van der Waals surface area contributed by atoms with E-state index in [2.05, 4.69) is 5.32 Å². The van der Waals surface area contributed by atoms with E-state index in [0.29, 0.717) is 11.3 Å². The first-order valence-corrected chi connectivity index (χ1v) is 4.83. The standard InChI is InChI=1S/C11H16N2O2/c1-7-4-3-5-9(10(7)12)11(15)13-8(2)6-14/h3-5,8,14H,6,12H2,1-2H3,(H,13,15)/t8-/m0/s1. The van der Waals surface area contributed by atoms with Crippen LogP contribution >= 0.6 is 0 Å². The van der Waals surface area contributed by atoms with Crippen LogP contribution in [0.25, 0.3) is 0 Å². The van der Waals surface area contributed by atoms with E-state index in [1.54, 1.807) is 19.1 Å². The molecule has 0 saturated heterocycles. The number of aliphatic hydroxyl groups excluding tert-OH is 1. The minimum atomic E-state index is -0.266. The van der Waals surface area contributed by atoms with Gasteiger partial charge in [0.15, 0.2) is 0 Å². The van der Waals surface area contributed by atoms with E-state index in [1.807, 2.05) is 13.0 Å². The molecular formula is C11H16N2O2. The van der Waals surface area contributed by atoms with E-state index in [1.165, 1.54) is 0 Å². The number of amides is 1. The third-order valence-corrected chi connectivity index (χ3v) is 2.22. The van der Waals surface area contributed by atoms with Gasteiger partial charge < -0.3 is 16.2 Å². The Morgan fingerprint density at radius 2 is 2.27 bits per heavy atom. The van der Waals surface area contributed by atoms with Crippen LogP contribution in [0.15, 0.2) is 18.2 Å². The molecule has 0 spiro atoms. The van der Waals surface area contributed by atoms with Gasteiger partial charge in [-0.1, -0.05) is 12.1 Å². The van der Waals surface area contributed by atoms with E-state index in [0.717, 1.165) is 5.56 Å². The molecule has 1 atom stereocenters. The Labute approximate surface area is 89.1 Å². The number of rotatable bonds is 3. The molecule has 15 heavy (non-hydrogen) atoms. The van der Waals surface area contributed by atoms with Crippen molar-refractivity contribution in [2.75, 3.05) is 12.3 Å². The molecule has 1 aromatic carbocycles. The molecule has 0 aliphatic rings. The van der Waals surface area contributed by atoms with Gasteiger partial charge in [-0.15, -0.1) is 0 Å². The van der Waals surface area contributed by atoms with Gasteiger partial charge in [0, 0.05) is 11.7 Å². The number of aliphatic hydroxyl groups is 1. The molecule has 0 bridgehead atoms. The number of benzene rings is 1. The monoisotopic (exact) mass is 208 g/mol. The zero-order valence-electron chi connectivity index (χ0n) is 8.95. The normalized spacial score (nSPS) is 12.2. The fraction of sp³-hybridized carbons (Fsp3) is 0.364. The van der Waals surface area contributed by atoms with Gasteiger partial charge in [0.1, 0.15) is 0 Å². The first-order chi connectivity index (χ1) is 7.06. The fourth-order valence-corrected chi connectivity index (χ4v) is 1.23. The number of anilines is 1. The number of aryl methyl sites for hydroxylation is 1. The van der Waals surface area contributed by atoms with Crippen molar-refractivity contribution in [1.29, 1.82) is 0 Å². The molecule has 0 aliphatic heterocycles. The molecule has 0 aliphatic carbocycles. The minimum Gasteiger partial charge on any atom is -0.398 e. The number of hydrogen-bond acceptors (Lipinski definition) is 3. The van der Waals surface area contributed by atoms with E-state index < -0.39 is 0 Å². The number of carbonyl (C=O) groups excluding carboxylic acids is 1. The van der Waals surface area contributed by atoms with Gasteiger partial charge in [-0.3, -0.25) is 4.79 Å². The van der Waals surface area contributed by atoms with Crippen molar-refractivity contribution in [2.45, 2.75) is 19.9 Å². The lowest BCUT2D eigenvalue weighted by Crippen LogP contribution is -2.35. The number of nitrogens with two attached hydrogens (primary N) is 1. The molecule has 1 aromatic rings. The second-order valence-electron chi connectivity index (χ2n) is 3.59. The Morgan fingerprint density at radius 3 is 2.87 bits per heavy atom. The lowest BCUT2D eigenvalue weighted by atomic mass is 10.1. The van der Waals surface area contributed by atoms with Crippen LogP contribution in [0.4, 0.5) is 5.69 Å². The highest BCUT2D eigenvalue weighted by Gasteiger charge is 2.12. The van der Waals surface area contributed by atoms with Gasteiger partial charge in [-0.25, -0.2) is 0 Å². The van der Waals surface area contributed by atoms with E-state index in [-0.39, 0.29) is 18.6 Å². The van der Waals surface area contributed by atoms with Gasteiger partial charge in [0.05, 0.1) is 12.2 Å². The second kappa shape index (κ2) is 4.79. The van der Waals surface area contributed by atoms with Gasteiger partial charge in [-0.2, -0.15) is 0 Å². The SMILES string of the molecule is Cc1cccc(C(=O)N[C@@H](C)CO)c1N. The summed E-state index contributed by atoms with van der Waals surface area (Å²) in [5.74, 6) is -0.252. The average molecular weight is 208 g/mol. The quantitative estimate of drug-likeness (QED) is 0.640. The molecule has 0 unspecified atom stereocenters. The molecule has 0 aromatic heterocycles. The highest BCUT2D eigenvalue weighted by Crippen LogP contribution is 2.16. The van der Waals surface area contributed by atoms with Crippen molar-refractivity contribution >= 4 is 11.6 Å². The highest BCUT2D eigenvalue weighted by molar-refractivity contribution is 5.99.